The van der Waals surface area contributed by atoms with E-state index in [2.05, 4.69) is 37.9 Å². The minimum atomic E-state index is 0. The van der Waals surface area contributed by atoms with E-state index in [4.69, 9.17) is 5.73 Å². The lowest BCUT2D eigenvalue weighted by molar-refractivity contribution is 0.178. The van der Waals surface area contributed by atoms with Crippen molar-refractivity contribution in [1.82, 2.24) is 4.90 Å². The average molecular weight is 249 g/mol. The Kier molecular flexibility index (Phi) is 4.47. The molecule has 1 aliphatic heterocycles. The minimum absolute atomic E-state index is 0. The Hall–Kier alpha value is -0.440. The first kappa shape index (κ1) is 14.6. The SMILES string of the molecule is CN1Cc2cc(N)ccc2C1(C)C.Cl.Cl. The highest BCUT2D eigenvalue weighted by atomic mass is 35.5. The zero-order valence-electron chi connectivity index (χ0n) is 9.28. The number of nitrogens with two attached hydrogens (primary N) is 1. The Morgan fingerprint density at radius 2 is 1.87 bits per heavy atom. The summed E-state index contributed by atoms with van der Waals surface area (Å²) in [6.07, 6.45) is 0. The molecule has 0 spiro atoms. The molecule has 0 aliphatic carbocycles. The number of hydrogen-bond acceptors (Lipinski definition) is 2. The fraction of sp³-hybridized carbons (Fsp3) is 0.455. The number of hydrogen-bond donors (Lipinski definition) is 1. The molecule has 0 aromatic heterocycles. The van der Waals surface area contributed by atoms with Crippen molar-refractivity contribution >= 4 is 30.5 Å². The van der Waals surface area contributed by atoms with Crippen LogP contribution in [0.5, 0.6) is 0 Å². The van der Waals surface area contributed by atoms with Crippen molar-refractivity contribution in [2.75, 3.05) is 12.8 Å². The van der Waals surface area contributed by atoms with Crippen LogP contribution in [0.3, 0.4) is 0 Å². The number of anilines is 1. The van der Waals surface area contributed by atoms with Gasteiger partial charge in [0.1, 0.15) is 0 Å². The third-order valence-corrected chi connectivity index (χ3v) is 3.15. The molecule has 0 fully saturated rings. The van der Waals surface area contributed by atoms with Gasteiger partial charge in [-0.05, 0) is 44.2 Å². The lowest BCUT2D eigenvalue weighted by Gasteiger charge is -2.28. The second kappa shape index (κ2) is 4.60. The van der Waals surface area contributed by atoms with Gasteiger partial charge in [-0.25, -0.2) is 0 Å². The molecule has 4 heteroatoms. The van der Waals surface area contributed by atoms with Crippen LogP contribution in [0.4, 0.5) is 5.69 Å². The molecule has 2 rings (SSSR count). The van der Waals surface area contributed by atoms with Crippen LogP contribution in [0.1, 0.15) is 25.0 Å². The molecular formula is C11H18Cl2N2. The predicted molar refractivity (Wildman–Crippen MR) is 69.8 cm³/mol. The lowest BCUT2D eigenvalue weighted by Crippen LogP contribution is -2.31. The van der Waals surface area contributed by atoms with Gasteiger partial charge in [-0.2, -0.15) is 0 Å². The summed E-state index contributed by atoms with van der Waals surface area (Å²) in [5.74, 6) is 0. The molecule has 0 bridgehead atoms. The molecule has 0 atom stereocenters. The number of rotatable bonds is 0. The van der Waals surface area contributed by atoms with Gasteiger partial charge in [-0.1, -0.05) is 6.07 Å². The van der Waals surface area contributed by atoms with Crippen LogP contribution < -0.4 is 5.73 Å². The molecule has 1 aliphatic rings. The van der Waals surface area contributed by atoms with Crippen molar-refractivity contribution in [2.45, 2.75) is 25.9 Å². The lowest BCUT2D eigenvalue weighted by atomic mass is 9.94. The Bertz CT molecular complexity index is 350. The predicted octanol–water partition coefficient (Wildman–Crippen LogP) is 2.79. The van der Waals surface area contributed by atoms with E-state index in [1.54, 1.807) is 0 Å². The van der Waals surface area contributed by atoms with Crippen molar-refractivity contribution < 1.29 is 0 Å². The fourth-order valence-electron chi connectivity index (χ4n) is 2.00. The first-order valence-electron chi connectivity index (χ1n) is 4.62. The molecule has 1 aromatic carbocycles. The molecule has 0 radical (unpaired) electrons. The highest BCUT2D eigenvalue weighted by molar-refractivity contribution is 5.85. The summed E-state index contributed by atoms with van der Waals surface area (Å²) in [7, 11) is 2.15. The molecule has 0 unspecified atom stereocenters. The van der Waals surface area contributed by atoms with Crippen LogP contribution in [-0.2, 0) is 12.1 Å². The van der Waals surface area contributed by atoms with E-state index in [1.807, 2.05) is 6.07 Å². The van der Waals surface area contributed by atoms with Gasteiger partial charge in [0.25, 0.3) is 0 Å². The van der Waals surface area contributed by atoms with E-state index >= 15 is 0 Å². The number of fused-ring (bicyclic) bond motifs is 1. The largest absolute Gasteiger partial charge is 0.399 e. The minimum Gasteiger partial charge on any atom is -0.399 e. The van der Waals surface area contributed by atoms with Crippen LogP contribution in [0.25, 0.3) is 0 Å². The second-order valence-corrected chi connectivity index (χ2v) is 4.33. The number of benzene rings is 1. The standard InChI is InChI=1S/C11H16N2.2ClH/c1-11(2)10-5-4-9(12)6-8(10)7-13(11)3;;/h4-6H,7,12H2,1-3H3;2*1H. The monoisotopic (exact) mass is 248 g/mol. The van der Waals surface area contributed by atoms with E-state index in [0.717, 1.165) is 12.2 Å². The van der Waals surface area contributed by atoms with Crippen LogP contribution in [0.2, 0.25) is 0 Å². The maximum atomic E-state index is 5.75. The Morgan fingerprint density at radius 1 is 1.27 bits per heavy atom. The molecule has 1 aromatic rings. The van der Waals surface area contributed by atoms with E-state index in [-0.39, 0.29) is 30.4 Å². The molecule has 15 heavy (non-hydrogen) atoms. The summed E-state index contributed by atoms with van der Waals surface area (Å²) in [5.41, 5.74) is 9.54. The van der Waals surface area contributed by atoms with Crippen molar-refractivity contribution in [2.24, 2.45) is 0 Å². The summed E-state index contributed by atoms with van der Waals surface area (Å²) in [4.78, 5) is 2.34. The maximum Gasteiger partial charge on any atom is 0.0408 e. The van der Waals surface area contributed by atoms with Gasteiger partial charge in [0.15, 0.2) is 0 Å². The Balaban J connectivity index is 0.000000980. The van der Waals surface area contributed by atoms with Crippen molar-refractivity contribution in [3.63, 3.8) is 0 Å². The summed E-state index contributed by atoms with van der Waals surface area (Å²) in [6.45, 7) is 5.50. The zero-order chi connectivity index (χ0) is 9.64. The zero-order valence-corrected chi connectivity index (χ0v) is 10.9. The van der Waals surface area contributed by atoms with Crippen LogP contribution in [0.15, 0.2) is 18.2 Å². The molecule has 2 N–H and O–H groups in total. The van der Waals surface area contributed by atoms with Gasteiger partial charge >= 0.3 is 0 Å². The van der Waals surface area contributed by atoms with E-state index in [9.17, 15) is 0 Å². The fourth-order valence-corrected chi connectivity index (χ4v) is 2.00. The second-order valence-electron chi connectivity index (χ2n) is 4.33. The molecule has 0 amide bonds. The van der Waals surface area contributed by atoms with Gasteiger partial charge in [0, 0.05) is 17.8 Å². The molecular weight excluding hydrogens is 231 g/mol. The van der Waals surface area contributed by atoms with E-state index < -0.39 is 0 Å². The topological polar surface area (TPSA) is 29.3 Å². The van der Waals surface area contributed by atoms with Gasteiger partial charge < -0.3 is 5.73 Å². The first-order chi connectivity index (χ1) is 6.01. The maximum absolute atomic E-state index is 5.75. The van der Waals surface area contributed by atoms with Crippen LogP contribution >= 0.6 is 24.8 Å². The molecule has 0 saturated carbocycles. The third-order valence-electron chi connectivity index (χ3n) is 3.15. The van der Waals surface area contributed by atoms with Crippen molar-refractivity contribution in [3.8, 4) is 0 Å². The van der Waals surface area contributed by atoms with Crippen LogP contribution in [-0.4, -0.2) is 11.9 Å². The molecule has 2 nitrogen and oxygen atoms in total. The third kappa shape index (κ3) is 2.22. The highest BCUT2D eigenvalue weighted by Gasteiger charge is 2.34. The Morgan fingerprint density at radius 3 is 2.47 bits per heavy atom. The quantitative estimate of drug-likeness (QED) is 0.716. The molecule has 1 heterocycles. The normalized spacial score (nSPS) is 17.5. The van der Waals surface area contributed by atoms with Crippen molar-refractivity contribution in [1.29, 1.82) is 0 Å². The summed E-state index contributed by atoms with van der Waals surface area (Å²) >= 11 is 0. The van der Waals surface area contributed by atoms with Gasteiger partial charge in [-0.3, -0.25) is 4.90 Å². The number of nitrogens with zero attached hydrogens (tertiary/aromatic N) is 1. The van der Waals surface area contributed by atoms with Gasteiger partial charge in [0.05, 0.1) is 0 Å². The van der Waals surface area contributed by atoms with E-state index in [1.165, 1.54) is 11.1 Å². The number of halogens is 2. The average Bonchev–Trinajstić information content (AvgIpc) is 2.23. The van der Waals surface area contributed by atoms with Crippen LogP contribution in [0, 0.1) is 0 Å². The van der Waals surface area contributed by atoms with Crippen molar-refractivity contribution in [3.05, 3.63) is 29.3 Å². The highest BCUT2D eigenvalue weighted by Crippen LogP contribution is 2.37. The van der Waals surface area contributed by atoms with Gasteiger partial charge in [-0.15, -0.1) is 24.8 Å². The van der Waals surface area contributed by atoms with E-state index in [0.29, 0.717) is 0 Å². The summed E-state index contributed by atoms with van der Waals surface area (Å²) < 4.78 is 0. The first-order valence-corrected chi connectivity index (χ1v) is 4.62. The smallest absolute Gasteiger partial charge is 0.0408 e. The Labute approximate surface area is 104 Å². The molecule has 0 saturated heterocycles. The summed E-state index contributed by atoms with van der Waals surface area (Å²) in [6, 6.07) is 6.22. The summed E-state index contributed by atoms with van der Waals surface area (Å²) in [5, 5.41) is 0. The van der Waals surface area contributed by atoms with Gasteiger partial charge in [0.2, 0.25) is 0 Å². The molecule has 86 valence electrons. The number of nitrogen functional groups attached to an aromatic ring is 1.